The standard InChI is InChI=1S/C12H14Br2N2O4.C12H16Br2N2O2/c1-2-20-10(17)3-4-15-12(19)16-7-5-8(13)11(18)9(14)6-7;1-2-3-4-5-15-12(18)16-8-6-9(13)11(17)10(14)7-8/h5-6,18H,2-4H2,1H3,(H2,15,16,19);6-7,17H,2-5H2,1H3,(H2,15,16,18). The van der Waals surface area contributed by atoms with Gasteiger partial charge in [0, 0.05) is 24.5 Å². The predicted molar refractivity (Wildman–Crippen MR) is 162 cm³/mol. The summed E-state index contributed by atoms with van der Waals surface area (Å²) in [7, 11) is 0. The van der Waals surface area contributed by atoms with Crippen LogP contribution in [0.1, 0.15) is 39.5 Å². The molecule has 0 aliphatic rings. The molecule has 0 aromatic heterocycles. The van der Waals surface area contributed by atoms with E-state index in [0.717, 1.165) is 19.3 Å². The minimum absolute atomic E-state index is 0.0540. The molecule has 0 fully saturated rings. The Labute approximate surface area is 255 Å². The highest BCUT2D eigenvalue weighted by Gasteiger charge is 2.10. The number of urea groups is 2. The number of hydrogen-bond donors (Lipinski definition) is 6. The minimum Gasteiger partial charge on any atom is -0.506 e. The van der Waals surface area contributed by atoms with Crippen molar-refractivity contribution in [3.05, 3.63) is 42.2 Å². The van der Waals surface area contributed by atoms with Crippen LogP contribution in [0.2, 0.25) is 0 Å². The highest BCUT2D eigenvalue weighted by atomic mass is 79.9. The maximum absolute atomic E-state index is 11.6. The predicted octanol–water partition coefficient (Wildman–Crippen LogP) is 7.22. The molecule has 210 valence electrons. The SMILES string of the molecule is CCCCCNC(=O)Nc1cc(Br)c(O)c(Br)c1.CCOC(=O)CCNC(=O)Nc1cc(Br)c(O)c(Br)c1. The van der Waals surface area contributed by atoms with Crippen LogP contribution in [-0.4, -0.2) is 47.9 Å². The van der Waals surface area contributed by atoms with Gasteiger partial charge in [0.15, 0.2) is 0 Å². The zero-order valence-electron chi connectivity index (χ0n) is 20.8. The van der Waals surface area contributed by atoms with Gasteiger partial charge in [0.25, 0.3) is 0 Å². The molecule has 0 bridgehead atoms. The molecule has 2 rings (SSSR count). The number of rotatable bonds is 10. The van der Waals surface area contributed by atoms with E-state index in [-0.39, 0.29) is 36.5 Å². The molecule has 2 aromatic carbocycles. The van der Waals surface area contributed by atoms with Crippen molar-refractivity contribution in [1.29, 1.82) is 0 Å². The second-order valence-corrected chi connectivity index (χ2v) is 11.0. The van der Waals surface area contributed by atoms with Crippen molar-refractivity contribution in [3.63, 3.8) is 0 Å². The fourth-order valence-electron chi connectivity index (χ4n) is 2.71. The van der Waals surface area contributed by atoms with Gasteiger partial charge >= 0.3 is 18.0 Å². The van der Waals surface area contributed by atoms with Crippen LogP contribution >= 0.6 is 63.7 Å². The number of esters is 1. The van der Waals surface area contributed by atoms with E-state index in [0.29, 0.717) is 42.4 Å². The lowest BCUT2D eigenvalue weighted by Crippen LogP contribution is -2.30. The van der Waals surface area contributed by atoms with Crippen molar-refractivity contribution in [1.82, 2.24) is 10.6 Å². The van der Waals surface area contributed by atoms with E-state index in [1.165, 1.54) is 0 Å². The number of anilines is 2. The number of nitrogens with one attached hydrogen (secondary N) is 4. The Hall–Kier alpha value is -2.03. The summed E-state index contributed by atoms with van der Waals surface area (Å²) in [4.78, 5) is 34.2. The van der Waals surface area contributed by atoms with Crippen molar-refractivity contribution in [2.45, 2.75) is 39.5 Å². The summed E-state index contributed by atoms with van der Waals surface area (Å²) >= 11 is 12.7. The third kappa shape index (κ3) is 13.2. The molecule has 0 atom stereocenters. The van der Waals surface area contributed by atoms with Gasteiger partial charge in [-0.3, -0.25) is 4.79 Å². The lowest BCUT2D eigenvalue weighted by atomic mass is 10.2. The first-order valence-corrected chi connectivity index (χ1v) is 14.8. The van der Waals surface area contributed by atoms with Crippen molar-refractivity contribution < 1.29 is 29.3 Å². The minimum atomic E-state index is -0.446. The van der Waals surface area contributed by atoms with Gasteiger partial charge in [-0.2, -0.15) is 0 Å². The summed E-state index contributed by atoms with van der Waals surface area (Å²) in [5.41, 5.74) is 1.11. The Morgan fingerprint density at radius 1 is 0.737 bits per heavy atom. The fraction of sp³-hybridized carbons (Fsp3) is 0.375. The number of phenols is 2. The number of unbranched alkanes of at least 4 members (excludes halogenated alkanes) is 2. The van der Waals surface area contributed by atoms with Crippen molar-refractivity contribution >= 4 is 93.1 Å². The van der Waals surface area contributed by atoms with Gasteiger partial charge in [-0.25, -0.2) is 9.59 Å². The molecule has 0 saturated carbocycles. The smallest absolute Gasteiger partial charge is 0.319 e. The monoisotopic (exact) mass is 786 g/mol. The third-order valence-electron chi connectivity index (χ3n) is 4.54. The van der Waals surface area contributed by atoms with Crippen LogP contribution in [-0.2, 0) is 9.53 Å². The number of phenolic OH excluding ortho intramolecular Hbond substituents is 2. The van der Waals surface area contributed by atoms with Gasteiger partial charge in [0.1, 0.15) is 11.5 Å². The molecule has 10 nitrogen and oxygen atoms in total. The Kier molecular flexibility index (Phi) is 16.4. The molecule has 0 saturated heterocycles. The van der Waals surface area contributed by atoms with Crippen LogP contribution in [0, 0.1) is 0 Å². The van der Waals surface area contributed by atoms with E-state index in [1.54, 1.807) is 31.2 Å². The Balaban J connectivity index is 0.000000382. The molecule has 0 heterocycles. The van der Waals surface area contributed by atoms with E-state index in [9.17, 15) is 24.6 Å². The average molecular weight is 790 g/mol. The summed E-state index contributed by atoms with van der Waals surface area (Å²) in [6.45, 7) is 5.01. The van der Waals surface area contributed by atoms with Crippen LogP contribution in [0.4, 0.5) is 21.0 Å². The maximum atomic E-state index is 11.6. The summed E-state index contributed by atoms with van der Waals surface area (Å²) in [5, 5.41) is 29.7. The zero-order valence-corrected chi connectivity index (χ0v) is 27.1. The largest absolute Gasteiger partial charge is 0.506 e. The van der Waals surface area contributed by atoms with E-state index >= 15 is 0 Å². The van der Waals surface area contributed by atoms with Crippen molar-refractivity contribution in [2.75, 3.05) is 30.3 Å². The molecule has 0 aliphatic heterocycles. The third-order valence-corrected chi connectivity index (χ3v) is 6.95. The van der Waals surface area contributed by atoms with Crippen LogP contribution in [0.25, 0.3) is 0 Å². The first kappa shape index (κ1) is 34.0. The first-order valence-electron chi connectivity index (χ1n) is 11.6. The van der Waals surface area contributed by atoms with E-state index in [2.05, 4.69) is 91.9 Å². The van der Waals surface area contributed by atoms with Gasteiger partial charge < -0.3 is 36.2 Å². The normalized spacial score (nSPS) is 10.1. The molecule has 38 heavy (non-hydrogen) atoms. The summed E-state index contributed by atoms with van der Waals surface area (Å²) in [5.74, 6) is -0.190. The van der Waals surface area contributed by atoms with Crippen LogP contribution in [0.5, 0.6) is 11.5 Å². The first-order chi connectivity index (χ1) is 18.0. The van der Waals surface area contributed by atoms with Crippen LogP contribution in [0.15, 0.2) is 42.2 Å². The maximum Gasteiger partial charge on any atom is 0.319 e. The highest BCUT2D eigenvalue weighted by Crippen LogP contribution is 2.36. The number of halogens is 4. The lowest BCUT2D eigenvalue weighted by molar-refractivity contribution is -0.142. The van der Waals surface area contributed by atoms with Gasteiger partial charge in [-0.05, 0) is 101 Å². The molecule has 14 heteroatoms. The fourth-order valence-corrected chi connectivity index (χ4v) is 5.09. The number of hydrogen-bond acceptors (Lipinski definition) is 6. The van der Waals surface area contributed by atoms with Crippen LogP contribution in [0.3, 0.4) is 0 Å². The van der Waals surface area contributed by atoms with E-state index < -0.39 is 6.03 Å². The Morgan fingerprint density at radius 3 is 1.55 bits per heavy atom. The lowest BCUT2D eigenvalue weighted by Gasteiger charge is -2.09. The zero-order chi connectivity index (χ0) is 28.7. The number of benzene rings is 2. The van der Waals surface area contributed by atoms with Gasteiger partial charge in [-0.15, -0.1) is 0 Å². The molecule has 0 aliphatic carbocycles. The van der Waals surface area contributed by atoms with Crippen molar-refractivity contribution in [3.8, 4) is 11.5 Å². The second kappa shape index (κ2) is 18.3. The number of ether oxygens (including phenoxy) is 1. The van der Waals surface area contributed by atoms with Crippen LogP contribution < -0.4 is 21.3 Å². The summed E-state index contributed by atoms with van der Waals surface area (Å²) in [6.07, 6.45) is 3.33. The molecule has 0 spiro atoms. The van der Waals surface area contributed by atoms with Gasteiger partial charge in [-0.1, -0.05) is 19.8 Å². The second-order valence-electron chi connectivity index (χ2n) is 7.60. The quantitative estimate of drug-likeness (QED) is 0.0851. The van der Waals surface area contributed by atoms with Gasteiger partial charge in [0.05, 0.1) is 30.9 Å². The molecule has 0 radical (unpaired) electrons. The van der Waals surface area contributed by atoms with Crippen molar-refractivity contribution in [2.24, 2.45) is 0 Å². The molecule has 2 aromatic rings. The molecular formula is C24H30Br4N4O6. The average Bonchev–Trinajstić information content (AvgIpc) is 2.84. The van der Waals surface area contributed by atoms with E-state index in [1.807, 2.05) is 0 Å². The number of carbonyl (C=O) groups is 3. The number of amides is 4. The molecule has 6 N–H and O–H groups in total. The highest BCUT2D eigenvalue weighted by molar-refractivity contribution is 9.11. The number of carbonyl (C=O) groups excluding carboxylic acids is 3. The van der Waals surface area contributed by atoms with E-state index in [4.69, 9.17) is 4.74 Å². The molecule has 0 unspecified atom stereocenters. The van der Waals surface area contributed by atoms with Gasteiger partial charge in [0.2, 0.25) is 0 Å². The Bertz CT molecular complexity index is 1060. The topological polar surface area (TPSA) is 149 Å². The summed E-state index contributed by atoms with van der Waals surface area (Å²) in [6, 6.07) is 5.72. The molecule has 4 amide bonds. The Morgan fingerprint density at radius 2 is 1.16 bits per heavy atom. The molecular weight excluding hydrogens is 760 g/mol. The summed E-state index contributed by atoms with van der Waals surface area (Å²) < 4.78 is 6.69. The number of aromatic hydroxyl groups is 2.